The molecular weight excluding hydrogens is 296 g/mol. The summed E-state index contributed by atoms with van der Waals surface area (Å²) in [7, 11) is 0. The molecule has 2 aromatic rings. The Hall–Kier alpha value is -2.25. The number of ketones is 1. The molecule has 0 bridgehead atoms. The molecule has 0 spiro atoms. The fraction of sp³-hybridized carbons (Fsp3) is 0.125. The van der Waals surface area contributed by atoms with Crippen molar-refractivity contribution in [1.82, 2.24) is 0 Å². The Morgan fingerprint density at radius 2 is 1.81 bits per heavy atom. The fourth-order valence-corrected chi connectivity index (χ4v) is 2.06. The molecule has 0 saturated heterocycles. The molecule has 0 aromatic heterocycles. The molecule has 106 valence electrons. The second kappa shape index (κ2) is 6.02. The van der Waals surface area contributed by atoms with Gasteiger partial charge in [-0.3, -0.25) is 4.79 Å². The minimum Gasteiger partial charge on any atom is -0.292 e. The first kappa shape index (κ1) is 15.1. The Kier molecular flexibility index (Phi) is 4.35. The van der Waals surface area contributed by atoms with E-state index >= 15 is 0 Å². The van der Waals surface area contributed by atoms with Gasteiger partial charge in [-0.1, -0.05) is 41.4 Å². The van der Waals surface area contributed by atoms with E-state index in [4.69, 9.17) is 11.6 Å². The van der Waals surface area contributed by atoms with E-state index in [1.54, 1.807) is 24.3 Å². The van der Waals surface area contributed by atoms with Gasteiger partial charge in [0.2, 0.25) is 0 Å². The number of carbonyl (C=O) groups excluding carboxylic acids is 1. The highest BCUT2D eigenvalue weighted by atomic mass is 35.5. The minimum atomic E-state index is -1.19. The van der Waals surface area contributed by atoms with Crippen LogP contribution in [0.1, 0.15) is 27.4 Å². The smallest absolute Gasteiger partial charge is 0.187 e. The van der Waals surface area contributed by atoms with Crippen molar-refractivity contribution in [1.29, 1.82) is 5.26 Å². The summed E-state index contributed by atoms with van der Waals surface area (Å²) in [5.74, 6) is -3.84. The molecule has 2 rings (SSSR count). The quantitative estimate of drug-likeness (QED) is 0.622. The lowest BCUT2D eigenvalue weighted by Crippen LogP contribution is -2.13. The molecule has 0 fully saturated rings. The van der Waals surface area contributed by atoms with Gasteiger partial charge in [0.1, 0.15) is 17.6 Å². The van der Waals surface area contributed by atoms with Crippen LogP contribution in [0, 0.1) is 29.9 Å². The van der Waals surface area contributed by atoms with E-state index in [0.717, 1.165) is 17.7 Å². The average molecular weight is 306 g/mol. The van der Waals surface area contributed by atoms with Crippen LogP contribution >= 0.6 is 11.6 Å². The number of carbonyl (C=O) groups is 1. The molecule has 2 aromatic carbocycles. The zero-order chi connectivity index (χ0) is 15.6. The number of hydrogen-bond acceptors (Lipinski definition) is 2. The molecule has 1 atom stereocenters. The summed E-state index contributed by atoms with van der Waals surface area (Å²) in [5.41, 5.74) is 0.915. The van der Waals surface area contributed by atoms with E-state index in [-0.39, 0.29) is 0 Å². The maximum atomic E-state index is 13.8. The van der Waals surface area contributed by atoms with Gasteiger partial charge in [0, 0.05) is 0 Å². The lowest BCUT2D eigenvalue weighted by atomic mass is 9.91. The Labute approximate surface area is 125 Å². The first-order valence-electron chi connectivity index (χ1n) is 6.09. The van der Waals surface area contributed by atoms with Crippen LogP contribution in [-0.4, -0.2) is 5.78 Å². The summed E-state index contributed by atoms with van der Waals surface area (Å²) in [4.78, 5) is 12.3. The number of nitriles is 1. The number of aryl methyl sites for hydroxylation is 1. The molecule has 0 radical (unpaired) electrons. The van der Waals surface area contributed by atoms with Crippen molar-refractivity contribution >= 4 is 17.4 Å². The number of Topliss-reactive ketones (excluding diaryl/α,β-unsaturated/α-hetero) is 1. The van der Waals surface area contributed by atoms with Gasteiger partial charge in [0.05, 0.1) is 16.7 Å². The third-order valence-corrected chi connectivity index (χ3v) is 3.37. The van der Waals surface area contributed by atoms with Gasteiger partial charge in [0.25, 0.3) is 0 Å². The molecule has 21 heavy (non-hydrogen) atoms. The molecule has 5 heteroatoms. The van der Waals surface area contributed by atoms with Crippen LogP contribution in [0.25, 0.3) is 0 Å². The summed E-state index contributed by atoms with van der Waals surface area (Å²) in [6, 6.07) is 9.99. The lowest BCUT2D eigenvalue weighted by Gasteiger charge is -2.10. The molecule has 0 aliphatic carbocycles. The molecule has 0 amide bonds. The minimum absolute atomic E-state index is 0.409. The third kappa shape index (κ3) is 3.09. The Balaban J connectivity index is 2.44. The van der Waals surface area contributed by atoms with E-state index in [9.17, 15) is 18.8 Å². The predicted octanol–water partition coefficient (Wildman–Crippen LogP) is 4.42. The highest BCUT2D eigenvalue weighted by Gasteiger charge is 2.25. The highest BCUT2D eigenvalue weighted by Crippen LogP contribution is 2.25. The standard InChI is InChI=1S/C16H10ClF2NO/c1-9-2-4-10(5-3-9)12(8-20)16(21)11-6-15(19)13(17)7-14(11)18/h2-7,12H,1H3. The summed E-state index contributed by atoms with van der Waals surface area (Å²) in [5, 5.41) is 8.77. The van der Waals surface area contributed by atoms with Crippen LogP contribution in [0.2, 0.25) is 5.02 Å². The summed E-state index contributed by atoms with van der Waals surface area (Å²) in [6.07, 6.45) is 0. The van der Waals surface area contributed by atoms with Crippen LogP contribution in [0.3, 0.4) is 0 Å². The van der Waals surface area contributed by atoms with Gasteiger partial charge >= 0.3 is 0 Å². The van der Waals surface area contributed by atoms with Crippen LogP contribution in [0.15, 0.2) is 36.4 Å². The number of rotatable bonds is 3. The molecule has 0 saturated carbocycles. The summed E-state index contributed by atoms with van der Waals surface area (Å²) in [6.45, 7) is 1.86. The van der Waals surface area contributed by atoms with Crippen molar-refractivity contribution < 1.29 is 13.6 Å². The highest BCUT2D eigenvalue weighted by molar-refractivity contribution is 6.30. The number of halogens is 3. The molecule has 0 aliphatic heterocycles. The second-order valence-corrected chi connectivity index (χ2v) is 4.99. The second-order valence-electron chi connectivity index (χ2n) is 4.58. The maximum absolute atomic E-state index is 13.8. The van der Waals surface area contributed by atoms with Gasteiger partial charge < -0.3 is 0 Å². The van der Waals surface area contributed by atoms with Crippen LogP contribution < -0.4 is 0 Å². The normalized spacial score (nSPS) is 11.8. The van der Waals surface area contributed by atoms with Crippen molar-refractivity contribution in [3.05, 3.63) is 69.7 Å². The monoisotopic (exact) mass is 305 g/mol. The first-order valence-corrected chi connectivity index (χ1v) is 6.46. The van der Waals surface area contributed by atoms with E-state index in [2.05, 4.69) is 0 Å². The zero-order valence-electron chi connectivity index (χ0n) is 11.0. The van der Waals surface area contributed by atoms with Crippen molar-refractivity contribution in [2.45, 2.75) is 12.8 Å². The lowest BCUT2D eigenvalue weighted by molar-refractivity contribution is 0.0974. The van der Waals surface area contributed by atoms with Crippen molar-refractivity contribution in [2.75, 3.05) is 0 Å². The average Bonchev–Trinajstić information content (AvgIpc) is 2.45. The van der Waals surface area contributed by atoms with Crippen molar-refractivity contribution in [3.63, 3.8) is 0 Å². The van der Waals surface area contributed by atoms with Gasteiger partial charge in [-0.05, 0) is 24.6 Å². The van der Waals surface area contributed by atoms with E-state index < -0.39 is 33.9 Å². The van der Waals surface area contributed by atoms with Crippen molar-refractivity contribution in [2.24, 2.45) is 0 Å². The largest absolute Gasteiger partial charge is 0.292 e. The number of hydrogen-bond donors (Lipinski definition) is 0. The van der Waals surface area contributed by atoms with Gasteiger partial charge in [0.15, 0.2) is 5.78 Å². The molecule has 0 heterocycles. The van der Waals surface area contributed by atoms with E-state index in [1.165, 1.54) is 0 Å². The molecule has 2 nitrogen and oxygen atoms in total. The van der Waals surface area contributed by atoms with Crippen molar-refractivity contribution in [3.8, 4) is 6.07 Å². The zero-order valence-corrected chi connectivity index (χ0v) is 11.8. The SMILES string of the molecule is Cc1ccc(C(C#N)C(=O)c2cc(F)c(Cl)cc2F)cc1. The van der Waals surface area contributed by atoms with Crippen LogP contribution in [-0.2, 0) is 0 Å². The first-order chi connectivity index (χ1) is 9.93. The van der Waals surface area contributed by atoms with Crippen LogP contribution in [0.5, 0.6) is 0 Å². The summed E-state index contributed by atoms with van der Waals surface area (Å²) >= 11 is 5.45. The molecule has 0 N–H and O–H groups in total. The maximum Gasteiger partial charge on any atom is 0.187 e. The Morgan fingerprint density at radius 3 is 2.38 bits per heavy atom. The number of nitrogens with zero attached hydrogens (tertiary/aromatic N) is 1. The molecule has 1 unspecified atom stereocenters. The van der Waals surface area contributed by atoms with Crippen LogP contribution in [0.4, 0.5) is 8.78 Å². The van der Waals surface area contributed by atoms with Gasteiger partial charge in [-0.25, -0.2) is 8.78 Å². The summed E-state index contributed by atoms with van der Waals surface area (Å²) < 4.78 is 27.2. The van der Waals surface area contributed by atoms with E-state index in [1.807, 2.05) is 13.0 Å². The van der Waals surface area contributed by atoms with E-state index in [0.29, 0.717) is 5.56 Å². The van der Waals surface area contributed by atoms with Gasteiger partial charge in [-0.15, -0.1) is 0 Å². The molecule has 0 aliphatic rings. The predicted molar refractivity (Wildman–Crippen MR) is 75.2 cm³/mol. The van der Waals surface area contributed by atoms with Gasteiger partial charge in [-0.2, -0.15) is 5.26 Å². The topological polar surface area (TPSA) is 40.9 Å². The Morgan fingerprint density at radius 1 is 1.19 bits per heavy atom. The molecular formula is C16H10ClF2NO. The Bertz CT molecular complexity index is 735. The third-order valence-electron chi connectivity index (χ3n) is 3.08. The number of benzene rings is 2. The fourth-order valence-electron chi connectivity index (χ4n) is 1.91.